The summed E-state index contributed by atoms with van der Waals surface area (Å²) in [5, 5.41) is 1.94. The molecular formula is C16H23ClN2OSSi. The molecule has 22 heavy (non-hydrogen) atoms. The van der Waals surface area contributed by atoms with E-state index in [-0.39, 0.29) is 5.04 Å². The lowest BCUT2D eigenvalue weighted by Gasteiger charge is -2.35. The Labute approximate surface area is 143 Å². The summed E-state index contributed by atoms with van der Waals surface area (Å²) in [6.07, 6.45) is 1.84. The first kappa shape index (κ1) is 17.6. The number of aromatic amines is 1. The predicted molar refractivity (Wildman–Crippen MR) is 96.1 cm³/mol. The van der Waals surface area contributed by atoms with Crippen molar-refractivity contribution in [2.24, 2.45) is 0 Å². The van der Waals surface area contributed by atoms with E-state index in [0.717, 1.165) is 20.8 Å². The van der Waals surface area contributed by atoms with Gasteiger partial charge in [-0.3, -0.25) is 0 Å². The lowest BCUT2D eigenvalue weighted by molar-refractivity contribution is 0.268. The van der Waals surface area contributed by atoms with Crippen molar-refractivity contribution in [1.82, 2.24) is 9.97 Å². The van der Waals surface area contributed by atoms with Crippen LogP contribution in [-0.2, 0) is 11.0 Å². The average molecular weight is 355 g/mol. The van der Waals surface area contributed by atoms with E-state index in [9.17, 15) is 0 Å². The Morgan fingerprint density at radius 1 is 1.32 bits per heavy atom. The van der Waals surface area contributed by atoms with E-state index >= 15 is 0 Å². The molecule has 120 valence electrons. The number of H-pyrrole nitrogens is 1. The van der Waals surface area contributed by atoms with Gasteiger partial charge in [0, 0.05) is 9.92 Å². The smallest absolute Gasteiger partial charge is 0.192 e. The van der Waals surface area contributed by atoms with Gasteiger partial charge in [0.1, 0.15) is 5.82 Å². The first-order valence-corrected chi connectivity index (χ1v) is 11.4. The Balaban J connectivity index is 1.97. The largest absolute Gasteiger partial charge is 0.409 e. The summed E-state index contributed by atoms with van der Waals surface area (Å²) in [5.74, 6) is 0.870. The number of hydrogen-bond donors (Lipinski definition) is 1. The monoisotopic (exact) mass is 354 g/mol. The molecule has 2 rings (SSSR count). The van der Waals surface area contributed by atoms with Gasteiger partial charge in [0.2, 0.25) is 0 Å². The maximum atomic E-state index is 6.18. The molecule has 0 spiro atoms. The molecule has 0 aliphatic carbocycles. The van der Waals surface area contributed by atoms with Crippen LogP contribution in [-0.4, -0.2) is 18.3 Å². The van der Waals surface area contributed by atoms with E-state index in [1.54, 1.807) is 11.8 Å². The van der Waals surface area contributed by atoms with Crippen LogP contribution in [0.5, 0.6) is 0 Å². The van der Waals surface area contributed by atoms with Crippen molar-refractivity contribution in [3.63, 3.8) is 0 Å². The molecule has 0 amide bonds. The summed E-state index contributed by atoms with van der Waals surface area (Å²) < 4.78 is 6.18. The first-order valence-electron chi connectivity index (χ1n) is 7.29. The second kappa shape index (κ2) is 6.79. The molecule has 0 aliphatic rings. The summed E-state index contributed by atoms with van der Waals surface area (Å²) in [7, 11) is -1.74. The average Bonchev–Trinajstić information content (AvgIpc) is 2.83. The predicted octanol–water partition coefficient (Wildman–Crippen LogP) is 5.74. The fourth-order valence-electron chi connectivity index (χ4n) is 1.59. The molecule has 1 aromatic carbocycles. The van der Waals surface area contributed by atoms with E-state index in [1.807, 2.05) is 30.5 Å². The zero-order valence-corrected chi connectivity index (χ0v) is 16.3. The number of nitrogens with one attached hydrogen (secondary N) is 1. The summed E-state index contributed by atoms with van der Waals surface area (Å²) in [6.45, 7) is 11.7. The molecular weight excluding hydrogens is 332 g/mol. The van der Waals surface area contributed by atoms with Crippen LogP contribution in [0.15, 0.2) is 40.4 Å². The maximum absolute atomic E-state index is 6.18. The standard InChI is InChI=1S/C16H23ClN2OSSi/c1-16(2,3)22(4,5)20-11-14-18-10-15(19-14)21-13-8-6-7-12(17)9-13/h6-10H,11H2,1-5H3,(H,18,19). The van der Waals surface area contributed by atoms with Crippen molar-refractivity contribution in [1.29, 1.82) is 0 Å². The Bertz CT molecular complexity index is 637. The summed E-state index contributed by atoms with van der Waals surface area (Å²) >= 11 is 7.62. The van der Waals surface area contributed by atoms with Crippen molar-refractivity contribution in [2.45, 2.75) is 55.4 Å². The fourth-order valence-corrected chi connectivity index (χ4v) is 3.64. The van der Waals surface area contributed by atoms with E-state index in [2.05, 4.69) is 43.8 Å². The van der Waals surface area contributed by atoms with Crippen LogP contribution < -0.4 is 0 Å². The molecule has 2 aromatic rings. The lowest BCUT2D eigenvalue weighted by atomic mass is 10.2. The van der Waals surface area contributed by atoms with Gasteiger partial charge >= 0.3 is 0 Å². The first-order chi connectivity index (χ1) is 10.2. The summed E-state index contributed by atoms with van der Waals surface area (Å²) in [4.78, 5) is 8.81. The highest BCUT2D eigenvalue weighted by atomic mass is 35.5. The van der Waals surface area contributed by atoms with Gasteiger partial charge in [-0.2, -0.15) is 0 Å². The SMILES string of the molecule is CC(C)(C)[Si](C)(C)OCc1ncc(Sc2cccc(Cl)c2)[nH]1. The van der Waals surface area contributed by atoms with Gasteiger partial charge in [0.25, 0.3) is 0 Å². The number of nitrogens with zero attached hydrogens (tertiary/aromatic N) is 1. The Morgan fingerprint density at radius 3 is 2.68 bits per heavy atom. The molecule has 6 heteroatoms. The number of halogens is 1. The molecule has 0 saturated heterocycles. The quantitative estimate of drug-likeness (QED) is 0.696. The second-order valence-electron chi connectivity index (χ2n) is 6.80. The molecule has 0 aliphatic heterocycles. The Kier molecular flexibility index (Phi) is 5.43. The molecule has 0 saturated carbocycles. The van der Waals surface area contributed by atoms with E-state index in [4.69, 9.17) is 16.0 Å². The van der Waals surface area contributed by atoms with Crippen LogP contribution in [0.2, 0.25) is 23.2 Å². The molecule has 0 radical (unpaired) electrons. The van der Waals surface area contributed by atoms with Crippen molar-refractivity contribution < 1.29 is 4.43 Å². The van der Waals surface area contributed by atoms with Gasteiger partial charge in [-0.1, -0.05) is 50.2 Å². The van der Waals surface area contributed by atoms with Crippen molar-refractivity contribution in [3.8, 4) is 0 Å². The minimum atomic E-state index is -1.74. The van der Waals surface area contributed by atoms with Crippen molar-refractivity contribution in [2.75, 3.05) is 0 Å². The number of hydrogen-bond acceptors (Lipinski definition) is 3. The van der Waals surface area contributed by atoms with Crippen LogP contribution in [0.1, 0.15) is 26.6 Å². The van der Waals surface area contributed by atoms with Crippen LogP contribution in [0.4, 0.5) is 0 Å². The molecule has 1 heterocycles. The molecule has 1 N–H and O–H groups in total. The lowest BCUT2D eigenvalue weighted by Crippen LogP contribution is -2.40. The number of benzene rings is 1. The Hall–Kier alpha value is -0.753. The summed E-state index contributed by atoms with van der Waals surface area (Å²) in [5.41, 5.74) is 0. The molecule has 0 unspecified atom stereocenters. The van der Waals surface area contributed by atoms with Crippen molar-refractivity contribution >= 4 is 31.7 Å². The minimum Gasteiger partial charge on any atom is -0.409 e. The minimum absolute atomic E-state index is 0.206. The highest BCUT2D eigenvalue weighted by molar-refractivity contribution is 7.99. The number of rotatable bonds is 5. The normalized spacial score (nSPS) is 12.6. The van der Waals surface area contributed by atoms with E-state index in [0.29, 0.717) is 6.61 Å². The van der Waals surface area contributed by atoms with Gasteiger partial charge in [0.05, 0.1) is 17.8 Å². The zero-order chi connectivity index (χ0) is 16.4. The van der Waals surface area contributed by atoms with Gasteiger partial charge < -0.3 is 9.41 Å². The third-order valence-electron chi connectivity index (χ3n) is 4.00. The molecule has 1 aromatic heterocycles. The van der Waals surface area contributed by atoms with E-state index in [1.165, 1.54) is 0 Å². The van der Waals surface area contributed by atoms with Gasteiger partial charge in [-0.25, -0.2) is 4.98 Å². The fraction of sp³-hybridized carbons (Fsp3) is 0.438. The van der Waals surface area contributed by atoms with Crippen LogP contribution in [0.25, 0.3) is 0 Å². The third kappa shape index (κ3) is 4.62. The van der Waals surface area contributed by atoms with Gasteiger partial charge in [0.15, 0.2) is 8.32 Å². The second-order valence-corrected chi connectivity index (χ2v) is 13.2. The molecule has 0 fully saturated rings. The topological polar surface area (TPSA) is 37.9 Å². The number of aromatic nitrogens is 2. The van der Waals surface area contributed by atoms with Crippen LogP contribution in [0, 0.1) is 0 Å². The number of imidazole rings is 1. The third-order valence-corrected chi connectivity index (χ3v) is 9.64. The molecule has 3 nitrogen and oxygen atoms in total. The highest BCUT2D eigenvalue weighted by Gasteiger charge is 2.37. The highest BCUT2D eigenvalue weighted by Crippen LogP contribution is 2.37. The summed E-state index contributed by atoms with van der Waals surface area (Å²) in [6, 6.07) is 7.79. The van der Waals surface area contributed by atoms with Crippen LogP contribution in [0.3, 0.4) is 0 Å². The van der Waals surface area contributed by atoms with Gasteiger partial charge in [-0.05, 0) is 36.3 Å². The van der Waals surface area contributed by atoms with E-state index < -0.39 is 8.32 Å². The van der Waals surface area contributed by atoms with Crippen LogP contribution >= 0.6 is 23.4 Å². The molecule has 0 bridgehead atoms. The zero-order valence-electron chi connectivity index (χ0n) is 13.7. The Morgan fingerprint density at radius 2 is 2.05 bits per heavy atom. The van der Waals surface area contributed by atoms with Crippen molar-refractivity contribution in [3.05, 3.63) is 41.3 Å². The molecule has 0 atom stereocenters. The maximum Gasteiger partial charge on any atom is 0.192 e. The van der Waals surface area contributed by atoms with Gasteiger partial charge in [-0.15, -0.1) is 0 Å².